The lowest BCUT2D eigenvalue weighted by Crippen LogP contribution is -2.31. The van der Waals surface area contributed by atoms with E-state index >= 15 is 0 Å². The molecule has 1 aromatic heterocycles. The summed E-state index contributed by atoms with van der Waals surface area (Å²) in [6.45, 7) is 4.15. The van der Waals surface area contributed by atoms with Gasteiger partial charge in [0.15, 0.2) is 11.5 Å². The molecule has 37 heavy (non-hydrogen) atoms. The molecule has 3 aromatic carbocycles. The third-order valence-electron chi connectivity index (χ3n) is 6.05. The molecule has 188 valence electrons. The van der Waals surface area contributed by atoms with E-state index < -0.39 is 6.04 Å². The van der Waals surface area contributed by atoms with E-state index in [1.54, 1.807) is 11.8 Å². The zero-order valence-electron chi connectivity index (χ0n) is 20.5. The first kappa shape index (κ1) is 24.3. The fourth-order valence-electron chi connectivity index (χ4n) is 4.21. The normalized spacial score (nSPS) is 14.5. The van der Waals surface area contributed by atoms with Crippen LogP contribution in [0.15, 0.2) is 78.0 Å². The zero-order chi connectivity index (χ0) is 25.9. The minimum absolute atomic E-state index is 0.264. The molecule has 1 aliphatic rings. The molecule has 0 fully saturated rings. The molecule has 10 heteroatoms. The number of aromatic nitrogens is 4. The molecule has 0 aliphatic carbocycles. The quantitative estimate of drug-likeness (QED) is 0.350. The number of allylic oxidation sites excluding steroid dienone is 1. The number of hydrogen-bond acceptors (Lipinski definition) is 7. The van der Waals surface area contributed by atoms with Crippen LogP contribution in [0, 0.1) is 6.92 Å². The largest absolute Gasteiger partial charge is 0.493 e. The number of halogens is 1. The Morgan fingerprint density at radius 3 is 2.65 bits per heavy atom. The van der Waals surface area contributed by atoms with Gasteiger partial charge in [-0.3, -0.25) is 4.79 Å². The minimum Gasteiger partial charge on any atom is -0.493 e. The fourth-order valence-corrected chi connectivity index (χ4v) is 4.42. The highest BCUT2D eigenvalue weighted by Gasteiger charge is 2.34. The third kappa shape index (κ3) is 5.12. The lowest BCUT2D eigenvalue weighted by atomic mass is 9.94. The Morgan fingerprint density at radius 1 is 1.08 bits per heavy atom. The summed E-state index contributed by atoms with van der Waals surface area (Å²) in [5.74, 6) is 1.25. The fraction of sp³-hybridized carbons (Fsp3) is 0.185. The number of anilines is 2. The number of aryl methyl sites for hydroxylation is 1. The molecule has 0 bridgehead atoms. The highest BCUT2D eigenvalue weighted by molar-refractivity contribution is 6.30. The van der Waals surface area contributed by atoms with E-state index in [9.17, 15) is 4.79 Å². The van der Waals surface area contributed by atoms with Crippen molar-refractivity contribution in [3.8, 4) is 11.5 Å². The topological polar surface area (TPSA) is 103 Å². The molecular formula is C27H25ClN6O3. The van der Waals surface area contributed by atoms with Gasteiger partial charge in [-0.25, -0.2) is 0 Å². The molecule has 2 N–H and O–H groups in total. The number of amides is 1. The second kappa shape index (κ2) is 10.3. The van der Waals surface area contributed by atoms with Crippen molar-refractivity contribution < 1.29 is 14.3 Å². The molecule has 1 atom stereocenters. The highest BCUT2D eigenvalue weighted by Crippen LogP contribution is 2.39. The zero-order valence-corrected chi connectivity index (χ0v) is 21.3. The number of hydrogen-bond donors (Lipinski definition) is 2. The average Bonchev–Trinajstić information content (AvgIpc) is 3.36. The Bertz CT molecular complexity index is 1480. The smallest absolute Gasteiger partial charge is 0.255 e. The second-order valence-corrected chi connectivity index (χ2v) is 9.10. The van der Waals surface area contributed by atoms with Gasteiger partial charge in [-0.2, -0.15) is 4.68 Å². The van der Waals surface area contributed by atoms with Gasteiger partial charge in [-0.15, -0.1) is 0 Å². The maximum absolute atomic E-state index is 13.5. The standard InChI is InChI=1S/C27H25ClN6O3/c1-16-7-10-21(11-8-16)30-26(35)24-17(2)29-27-31-32-33-34(27)25(24)19-9-12-22(23(14-19)36-3)37-15-18-5-4-6-20(28)13-18/h4-14,25H,15H2,1-3H3,(H,30,35)(H,29,31,33). The van der Waals surface area contributed by atoms with Crippen LogP contribution >= 0.6 is 11.6 Å². The summed E-state index contributed by atoms with van der Waals surface area (Å²) in [6, 6.07) is 20.0. The second-order valence-electron chi connectivity index (χ2n) is 8.66. The lowest BCUT2D eigenvalue weighted by molar-refractivity contribution is -0.113. The van der Waals surface area contributed by atoms with Gasteiger partial charge < -0.3 is 20.1 Å². The number of carbonyl (C=O) groups is 1. The molecular weight excluding hydrogens is 492 g/mol. The summed E-state index contributed by atoms with van der Waals surface area (Å²) in [4.78, 5) is 13.5. The van der Waals surface area contributed by atoms with Crippen LogP contribution in [0.25, 0.3) is 0 Å². The highest BCUT2D eigenvalue weighted by atomic mass is 35.5. The molecule has 0 saturated carbocycles. The predicted molar refractivity (Wildman–Crippen MR) is 141 cm³/mol. The van der Waals surface area contributed by atoms with E-state index in [0.717, 1.165) is 16.7 Å². The molecule has 2 heterocycles. The predicted octanol–water partition coefficient (Wildman–Crippen LogP) is 5.15. The van der Waals surface area contributed by atoms with Crippen LogP contribution in [0.3, 0.4) is 0 Å². The number of ether oxygens (including phenoxy) is 2. The molecule has 1 unspecified atom stereocenters. The minimum atomic E-state index is -0.590. The number of carbonyl (C=O) groups excluding carboxylic acids is 1. The Morgan fingerprint density at radius 2 is 1.89 bits per heavy atom. The van der Waals surface area contributed by atoms with Crippen molar-refractivity contribution in [3.05, 3.63) is 99.7 Å². The van der Waals surface area contributed by atoms with Gasteiger partial charge in [0.05, 0.1) is 12.7 Å². The van der Waals surface area contributed by atoms with Crippen LogP contribution in [0.4, 0.5) is 11.6 Å². The van der Waals surface area contributed by atoms with Gasteiger partial charge in [0.2, 0.25) is 5.95 Å². The Hall–Kier alpha value is -4.37. The van der Waals surface area contributed by atoms with Gasteiger partial charge in [0.25, 0.3) is 5.91 Å². The average molecular weight is 517 g/mol. The van der Waals surface area contributed by atoms with Gasteiger partial charge in [-0.1, -0.05) is 52.6 Å². The maximum Gasteiger partial charge on any atom is 0.255 e. The molecule has 9 nitrogen and oxygen atoms in total. The van der Waals surface area contributed by atoms with Crippen molar-refractivity contribution in [3.63, 3.8) is 0 Å². The van der Waals surface area contributed by atoms with Crippen LogP contribution in [-0.2, 0) is 11.4 Å². The van der Waals surface area contributed by atoms with Gasteiger partial charge >= 0.3 is 0 Å². The summed E-state index contributed by atoms with van der Waals surface area (Å²) >= 11 is 6.09. The number of nitrogens with one attached hydrogen (secondary N) is 2. The number of methoxy groups -OCH3 is 1. The first-order valence-electron chi connectivity index (χ1n) is 11.6. The van der Waals surface area contributed by atoms with Gasteiger partial charge in [0, 0.05) is 16.4 Å². The van der Waals surface area contributed by atoms with E-state index in [1.807, 2.05) is 80.6 Å². The molecule has 5 rings (SSSR count). The van der Waals surface area contributed by atoms with Crippen LogP contribution in [-0.4, -0.2) is 33.2 Å². The van der Waals surface area contributed by atoms with Gasteiger partial charge in [-0.05, 0) is 71.8 Å². The molecule has 1 amide bonds. The van der Waals surface area contributed by atoms with Crippen LogP contribution in [0.1, 0.15) is 29.7 Å². The third-order valence-corrected chi connectivity index (χ3v) is 6.29. The van der Waals surface area contributed by atoms with E-state index in [1.165, 1.54) is 0 Å². The SMILES string of the molecule is COc1cc(C2C(C(=O)Nc3ccc(C)cc3)=C(C)Nc3nnnn32)ccc1OCc1cccc(Cl)c1. The Labute approximate surface area is 219 Å². The first-order valence-corrected chi connectivity index (χ1v) is 12.0. The molecule has 0 radical (unpaired) electrons. The monoisotopic (exact) mass is 516 g/mol. The van der Waals surface area contributed by atoms with Crippen LogP contribution in [0.2, 0.25) is 5.02 Å². The van der Waals surface area contributed by atoms with E-state index in [0.29, 0.717) is 46.0 Å². The van der Waals surface area contributed by atoms with Crippen molar-refractivity contribution in [2.75, 3.05) is 17.7 Å². The van der Waals surface area contributed by atoms with Crippen molar-refractivity contribution in [2.24, 2.45) is 0 Å². The number of tetrazole rings is 1. The summed E-state index contributed by atoms with van der Waals surface area (Å²) in [5.41, 5.74) is 4.62. The molecule has 0 saturated heterocycles. The summed E-state index contributed by atoms with van der Waals surface area (Å²) in [7, 11) is 1.57. The summed E-state index contributed by atoms with van der Waals surface area (Å²) in [5, 5.41) is 18.8. The number of nitrogens with zero attached hydrogens (tertiary/aromatic N) is 4. The van der Waals surface area contributed by atoms with E-state index in [-0.39, 0.29) is 5.91 Å². The van der Waals surface area contributed by atoms with E-state index in [4.69, 9.17) is 21.1 Å². The van der Waals surface area contributed by atoms with Crippen LogP contribution in [0.5, 0.6) is 11.5 Å². The molecule has 1 aliphatic heterocycles. The molecule has 4 aromatic rings. The van der Waals surface area contributed by atoms with Crippen LogP contribution < -0.4 is 20.1 Å². The Balaban J connectivity index is 1.47. The molecule has 0 spiro atoms. The summed E-state index contributed by atoms with van der Waals surface area (Å²) in [6.07, 6.45) is 0. The van der Waals surface area contributed by atoms with E-state index in [2.05, 4.69) is 26.2 Å². The Kier molecular flexibility index (Phi) is 6.78. The van der Waals surface area contributed by atoms with Crippen molar-refractivity contribution in [1.29, 1.82) is 0 Å². The van der Waals surface area contributed by atoms with Gasteiger partial charge in [0.1, 0.15) is 12.6 Å². The lowest BCUT2D eigenvalue weighted by Gasteiger charge is -2.28. The number of rotatable bonds is 7. The number of fused-ring (bicyclic) bond motifs is 1. The van der Waals surface area contributed by atoms with Crippen molar-refractivity contribution in [1.82, 2.24) is 20.2 Å². The van der Waals surface area contributed by atoms with Crippen molar-refractivity contribution in [2.45, 2.75) is 26.5 Å². The first-order chi connectivity index (χ1) is 17.9. The maximum atomic E-state index is 13.5. The summed E-state index contributed by atoms with van der Waals surface area (Å²) < 4.78 is 13.2. The number of benzene rings is 3. The van der Waals surface area contributed by atoms with Crippen molar-refractivity contribution >= 4 is 29.1 Å².